The molecule has 0 aromatic heterocycles. The van der Waals surface area contributed by atoms with Gasteiger partial charge in [-0.3, -0.25) is 4.99 Å². The number of hydrogen-bond acceptors (Lipinski definition) is 4. The van der Waals surface area contributed by atoms with Crippen molar-refractivity contribution < 1.29 is 0 Å². The van der Waals surface area contributed by atoms with Gasteiger partial charge in [0.25, 0.3) is 0 Å². The lowest BCUT2D eigenvalue weighted by molar-refractivity contribution is 0.294. The maximum absolute atomic E-state index is 4.34. The normalized spacial score (nSPS) is 22.0. The van der Waals surface area contributed by atoms with E-state index in [1.807, 2.05) is 6.21 Å². The molecule has 4 nitrogen and oxygen atoms in total. The molecule has 0 amide bonds. The fourth-order valence-corrected chi connectivity index (χ4v) is 2.58. The molecule has 3 rings (SSSR count). The minimum atomic E-state index is 0.749. The molecule has 3 aliphatic heterocycles. The molecule has 3 aliphatic rings. The van der Waals surface area contributed by atoms with Crippen LogP contribution in [0.25, 0.3) is 0 Å². The molecule has 0 aromatic carbocycles. The summed E-state index contributed by atoms with van der Waals surface area (Å²) in [6.07, 6.45) is 8.42. The molecule has 90 valence electrons. The largest absolute Gasteiger partial charge is 0.360 e. The molecule has 0 aliphatic carbocycles. The zero-order valence-electron chi connectivity index (χ0n) is 10.4. The third-order valence-corrected chi connectivity index (χ3v) is 3.25. The average molecular weight is 230 g/mol. The van der Waals surface area contributed by atoms with E-state index in [1.54, 1.807) is 0 Å². The van der Waals surface area contributed by atoms with Gasteiger partial charge in [0.1, 0.15) is 12.5 Å². The quantitative estimate of drug-likeness (QED) is 0.786. The summed E-state index contributed by atoms with van der Waals surface area (Å²) >= 11 is 0. The Hall–Kier alpha value is -1.71. The second-order valence-corrected chi connectivity index (χ2v) is 4.74. The van der Waals surface area contributed by atoms with Gasteiger partial charge in [-0.05, 0) is 13.3 Å². The molecule has 0 spiro atoms. The van der Waals surface area contributed by atoms with Gasteiger partial charge in [-0.2, -0.15) is 0 Å². The van der Waals surface area contributed by atoms with Crippen molar-refractivity contribution in [1.29, 1.82) is 0 Å². The van der Waals surface area contributed by atoms with Crippen molar-refractivity contribution in [2.75, 3.05) is 13.2 Å². The Morgan fingerprint density at radius 2 is 2.35 bits per heavy atom. The molecule has 0 aromatic rings. The Bertz CT molecular complexity index is 456. The summed E-state index contributed by atoms with van der Waals surface area (Å²) in [7, 11) is 0. The Morgan fingerprint density at radius 3 is 3.18 bits per heavy atom. The average Bonchev–Trinajstić information content (AvgIpc) is 2.76. The van der Waals surface area contributed by atoms with Crippen LogP contribution >= 0.6 is 0 Å². The molecule has 0 saturated heterocycles. The number of rotatable bonds is 2. The molecule has 0 bridgehead atoms. The van der Waals surface area contributed by atoms with Crippen molar-refractivity contribution in [3.63, 3.8) is 0 Å². The van der Waals surface area contributed by atoms with Gasteiger partial charge in [0, 0.05) is 31.6 Å². The molecular formula is C13H18N4. The van der Waals surface area contributed by atoms with Crippen molar-refractivity contribution in [3.05, 3.63) is 35.2 Å². The number of fused-ring (bicyclic) bond motifs is 2. The van der Waals surface area contributed by atoms with Gasteiger partial charge in [-0.15, -0.1) is 0 Å². The van der Waals surface area contributed by atoms with Gasteiger partial charge in [-0.25, -0.2) is 0 Å². The Labute approximate surface area is 102 Å². The van der Waals surface area contributed by atoms with Crippen LogP contribution in [0.3, 0.4) is 0 Å². The van der Waals surface area contributed by atoms with Crippen molar-refractivity contribution in [1.82, 2.24) is 15.1 Å². The molecule has 0 saturated carbocycles. The first kappa shape index (κ1) is 10.4. The van der Waals surface area contributed by atoms with Crippen molar-refractivity contribution in [2.45, 2.75) is 26.7 Å². The van der Waals surface area contributed by atoms with E-state index >= 15 is 0 Å². The van der Waals surface area contributed by atoms with E-state index in [2.05, 4.69) is 46.4 Å². The molecule has 1 N–H and O–H groups in total. The van der Waals surface area contributed by atoms with Gasteiger partial charge in [0.05, 0.1) is 11.4 Å². The minimum Gasteiger partial charge on any atom is -0.360 e. The van der Waals surface area contributed by atoms with Gasteiger partial charge < -0.3 is 15.1 Å². The predicted molar refractivity (Wildman–Crippen MR) is 68.8 cm³/mol. The molecule has 0 radical (unpaired) electrons. The summed E-state index contributed by atoms with van der Waals surface area (Å²) in [6, 6.07) is 0. The second kappa shape index (κ2) is 3.95. The van der Waals surface area contributed by atoms with E-state index in [0.717, 1.165) is 31.8 Å². The molecule has 0 atom stereocenters. The summed E-state index contributed by atoms with van der Waals surface area (Å²) in [5.41, 5.74) is 3.87. The lowest BCUT2D eigenvalue weighted by atomic mass is 10.1. The maximum Gasteiger partial charge on any atom is 0.134 e. The second-order valence-electron chi connectivity index (χ2n) is 4.74. The topological polar surface area (TPSA) is 30.9 Å². The van der Waals surface area contributed by atoms with Crippen LogP contribution < -0.4 is 5.32 Å². The highest BCUT2D eigenvalue weighted by molar-refractivity contribution is 5.80. The van der Waals surface area contributed by atoms with Crippen LogP contribution in [0.4, 0.5) is 0 Å². The molecule has 0 unspecified atom stereocenters. The number of hydrogen-bond donors (Lipinski definition) is 1. The van der Waals surface area contributed by atoms with E-state index in [0.29, 0.717) is 0 Å². The van der Waals surface area contributed by atoms with Crippen molar-refractivity contribution >= 4 is 6.21 Å². The Morgan fingerprint density at radius 1 is 1.47 bits per heavy atom. The van der Waals surface area contributed by atoms with E-state index in [1.165, 1.54) is 17.1 Å². The van der Waals surface area contributed by atoms with E-state index in [9.17, 15) is 0 Å². The third-order valence-electron chi connectivity index (χ3n) is 3.25. The van der Waals surface area contributed by atoms with Crippen molar-refractivity contribution in [2.24, 2.45) is 4.99 Å². The Kier molecular flexibility index (Phi) is 2.42. The lowest BCUT2D eigenvalue weighted by Crippen LogP contribution is -2.39. The van der Waals surface area contributed by atoms with Crippen LogP contribution in [0.5, 0.6) is 0 Å². The van der Waals surface area contributed by atoms with Crippen LogP contribution in [0.2, 0.25) is 0 Å². The molecule has 17 heavy (non-hydrogen) atoms. The zero-order valence-corrected chi connectivity index (χ0v) is 10.4. The van der Waals surface area contributed by atoms with E-state index < -0.39 is 0 Å². The maximum atomic E-state index is 4.34. The standard InChI is InChI=1S/C13H18N4/c1-3-4-16-8-10(2)5-12-13(16)17-9-14-6-11(17)7-15-12/h6-8,15H,3-5,9H2,1-2H3. The van der Waals surface area contributed by atoms with Crippen LogP contribution in [0.15, 0.2) is 40.2 Å². The van der Waals surface area contributed by atoms with Gasteiger partial charge in [0.2, 0.25) is 0 Å². The fraction of sp³-hybridized carbons (Fsp3) is 0.462. The SMILES string of the molecule is CCCN1C=C(C)CC2=C1N1CN=CC1=CN2. The summed E-state index contributed by atoms with van der Waals surface area (Å²) in [4.78, 5) is 8.98. The third kappa shape index (κ3) is 1.64. The lowest BCUT2D eigenvalue weighted by Gasteiger charge is -2.38. The van der Waals surface area contributed by atoms with Gasteiger partial charge >= 0.3 is 0 Å². The number of nitrogens with zero attached hydrogens (tertiary/aromatic N) is 3. The van der Waals surface area contributed by atoms with Crippen LogP contribution in [-0.2, 0) is 0 Å². The van der Waals surface area contributed by atoms with Gasteiger partial charge in [0.15, 0.2) is 0 Å². The fourth-order valence-electron chi connectivity index (χ4n) is 2.58. The van der Waals surface area contributed by atoms with Crippen LogP contribution in [0, 0.1) is 0 Å². The number of nitrogens with one attached hydrogen (secondary N) is 1. The van der Waals surface area contributed by atoms with Crippen LogP contribution in [0.1, 0.15) is 26.7 Å². The summed E-state index contributed by atoms with van der Waals surface area (Å²) < 4.78 is 0. The monoisotopic (exact) mass is 230 g/mol. The van der Waals surface area contributed by atoms with E-state index in [4.69, 9.17) is 0 Å². The molecule has 3 heterocycles. The first-order chi connectivity index (χ1) is 8.29. The van der Waals surface area contributed by atoms with Gasteiger partial charge in [-0.1, -0.05) is 12.5 Å². The highest BCUT2D eigenvalue weighted by atomic mass is 15.4. The highest BCUT2D eigenvalue weighted by Gasteiger charge is 2.29. The summed E-state index contributed by atoms with van der Waals surface area (Å²) in [6.45, 7) is 6.21. The Balaban J connectivity index is 1.94. The molecule has 0 fully saturated rings. The first-order valence-corrected chi connectivity index (χ1v) is 6.20. The molecule has 4 heteroatoms. The highest BCUT2D eigenvalue weighted by Crippen LogP contribution is 2.32. The zero-order chi connectivity index (χ0) is 11.8. The molecular weight excluding hydrogens is 212 g/mol. The summed E-state index contributed by atoms with van der Waals surface area (Å²) in [5, 5.41) is 3.41. The van der Waals surface area contributed by atoms with Crippen LogP contribution in [-0.4, -0.2) is 29.2 Å². The number of allylic oxidation sites excluding steroid dienone is 2. The predicted octanol–water partition coefficient (Wildman–Crippen LogP) is 1.96. The number of aliphatic imine (C=N–C) groups is 1. The van der Waals surface area contributed by atoms with Crippen molar-refractivity contribution in [3.8, 4) is 0 Å². The first-order valence-electron chi connectivity index (χ1n) is 6.20. The smallest absolute Gasteiger partial charge is 0.134 e. The minimum absolute atomic E-state index is 0.749. The van der Waals surface area contributed by atoms with E-state index in [-0.39, 0.29) is 0 Å². The summed E-state index contributed by atoms with van der Waals surface area (Å²) in [5.74, 6) is 1.28.